The second-order valence-electron chi connectivity index (χ2n) is 9.08. The molecule has 0 spiro atoms. The number of aryl methyl sites for hydroxylation is 1. The Labute approximate surface area is 201 Å². The molecule has 0 bridgehead atoms. The predicted octanol–water partition coefficient (Wildman–Crippen LogP) is 2.40. The number of hydrogen-bond donors (Lipinski definition) is 2. The SMILES string of the molecule is CC(C)[C@H](CO)Nc1nc(N2CCC(c3nc(-c4ccncc4)no3)CC2)nc2c1[S+]([O-])CC2. The number of aliphatic hydroxyl groups is 1. The van der Waals surface area contributed by atoms with E-state index in [4.69, 9.17) is 14.5 Å². The summed E-state index contributed by atoms with van der Waals surface area (Å²) in [6.07, 6.45) is 5.79. The van der Waals surface area contributed by atoms with Crippen molar-refractivity contribution in [2.24, 2.45) is 5.92 Å². The third-order valence-corrected chi connectivity index (χ3v) is 7.97. The van der Waals surface area contributed by atoms with Gasteiger partial charge in [0.15, 0.2) is 5.82 Å². The zero-order valence-corrected chi connectivity index (χ0v) is 20.2. The molecule has 0 radical (unpaired) electrons. The Hall–Kier alpha value is -2.76. The van der Waals surface area contributed by atoms with Gasteiger partial charge in [-0.1, -0.05) is 19.0 Å². The molecule has 3 aromatic heterocycles. The average molecular weight is 484 g/mol. The van der Waals surface area contributed by atoms with E-state index in [0.29, 0.717) is 40.6 Å². The van der Waals surface area contributed by atoms with Crippen LogP contribution in [0.4, 0.5) is 11.8 Å². The van der Waals surface area contributed by atoms with Gasteiger partial charge in [-0.3, -0.25) is 4.98 Å². The lowest BCUT2D eigenvalue weighted by molar-refractivity contribution is 0.248. The van der Waals surface area contributed by atoms with Gasteiger partial charge in [0.25, 0.3) is 0 Å². The van der Waals surface area contributed by atoms with Crippen LogP contribution in [0, 0.1) is 5.92 Å². The summed E-state index contributed by atoms with van der Waals surface area (Å²) in [5.41, 5.74) is 1.72. The number of rotatable bonds is 7. The zero-order valence-electron chi connectivity index (χ0n) is 19.3. The highest BCUT2D eigenvalue weighted by atomic mass is 32.2. The van der Waals surface area contributed by atoms with Crippen LogP contribution in [-0.4, -0.2) is 66.2 Å². The molecular formula is C23H29N7O3S. The Bertz CT molecular complexity index is 1120. The lowest BCUT2D eigenvalue weighted by atomic mass is 9.97. The van der Waals surface area contributed by atoms with Crippen LogP contribution in [0.15, 0.2) is 33.9 Å². The van der Waals surface area contributed by atoms with Crippen molar-refractivity contribution >= 4 is 22.9 Å². The van der Waals surface area contributed by atoms with E-state index in [1.54, 1.807) is 12.4 Å². The molecule has 0 amide bonds. The van der Waals surface area contributed by atoms with Gasteiger partial charge in [-0.05, 0) is 42.1 Å². The fourth-order valence-corrected chi connectivity index (χ4v) is 5.68. The maximum atomic E-state index is 12.6. The van der Waals surface area contributed by atoms with Crippen LogP contribution in [0.25, 0.3) is 11.4 Å². The Morgan fingerprint density at radius 1 is 1.21 bits per heavy atom. The first-order valence-electron chi connectivity index (χ1n) is 11.7. The lowest BCUT2D eigenvalue weighted by Crippen LogP contribution is -2.35. The first-order valence-corrected chi connectivity index (χ1v) is 13.0. The van der Waals surface area contributed by atoms with Gasteiger partial charge in [0.2, 0.25) is 22.6 Å². The van der Waals surface area contributed by atoms with Crippen molar-refractivity contribution in [1.29, 1.82) is 0 Å². The predicted molar refractivity (Wildman–Crippen MR) is 128 cm³/mol. The van der Waals surface area contributed by atoms with Gasteiger partial charge in [0.05, 0.1) is 12.6 Å². The van der Waals surface area contributed by atoms with E-state index in [1.165, 1.54) is 0 Å². The molecule has 2 aliphatic rings. The molecule has 10 nitrogen and oxygen atoms in total. The largest absolute Gasteiger partial charge is 0.611 e. The van der Waals surface area contributed by atoms with Crippen LogP contribution in [0.3, 0.4) is 0 Å². The van der Waals surface area contributed by atoms with Crippen LogP contribution in [0.1, 0.15) is 44.2 Å². The summed E-state index contributed by atoms with van der Waals surface area (Å²) in [6.45, 7) is 5.57. The Kier molecular flexibility index (Phi) is 6.66. The minimum absolute atomic E-state index is 0.0184. The highest BCUT2D eigenvalue weighted by molar-refractivity contribution is 7.91. The normalized spacial score (nSPS) is 19.4. The molecule has 1 saturated heterocycles. The van der Waals surface area contributed by atoms with Crippen LogP contribution in [-0.2, 0) is 17.6 Å². The molecule has 11 heteroatoms. The van der Waals surface area contributed by atoms with Crippen molar-refractivity contribution in [2.75, 3.05) is 35.7 Å². The standard InChI is InChI=1S/C23H29N7O3S/c1-14(2)18(13-31)25-21-19-17(7-12-34(19)32)26-23(28-21)30-10-5-16(6-11-30)22-27-20(29-33-22)15-3-8-24-9-4-15/h3-4,8-9,14,16,18,31H,5-7,10-13H2,1-2H3,(H,25,26,28)/t18-,34?/m0/s1. The molecule has 0 saturated carbocycles. The second-order valence-corrected chi connectivity index (χ2v) is 10.6. The van der Waals surface area contributed by atoms with Gasteiger partial charge >= 0.3 is 0 Å². The van der Waals surface area contributed by atoms with Gasteiger partial charge in [0, 0.05) is 43.4 Å². The Morgan fingerprint density at radius 3 is 2.68 bits per heavy atom. The molecule has 3 aromatic rings. The highest BCUT2D eigenvalue weighted by Crippen LogP contribution is 2.35. The zero-order chi connectivity index (χ0) is 23.7. The van der Waals surface area contributed by atoms with Gasteiger partial charge in [-0.2, -0.15) is 9.97 Å². The molecule has 0 aromatic carbocycles. The van der Waals surface area contributed by atoms with Crippen LogP contribution in [0.2, 0.25) is 0 Å². The Morgan fingerprint density at radius 2 is 1.97 bits per heavy atom. The summed E-state index contributed by atoms with van der Waals surface area (Å²) in [7, 11) is 0. The van der Waals surface area contributed by atoms with Gasteiger partial charge < -0.3 is 24.4 Å². The molecule has 1 unspecified atom stereocenters. The number of aliphatic hydroxyl groups excluding tert-OH is 1. The molecule has 5 rings (SSSR count). The molecular weight excluding hydrogens is 454 g/mol. The van der Waals surface area contributed by atoms with E-state index in [1.807, 2.05) is 26.0 Å². The average Bonchev–Trinajstić information content (AvgIpc) is 3.50. The van der Waals surface area contributed by atoms with Crippen LogP contribution in [0.5, 0.6) is 0 Å². The maximum Gasteiger partial charge on any atom is 0.230 e. The highest BCUT2D eigenvalue weighted by Gasteiger charge is 2.35. The fourth-order valence-electron chi connectivity index (χ4n) is 4.37. The number of pyridine rings is 1. The van der Waals surface area contributed by atoms with Crippen molar-refractivity contribution in [3.8, 4) is 11.4 Å². The number of anilines is 2. The molecule has 2 aliphatic heterocycles. The molecule has 34 heavy (non-hydrogen) atoms. The fraction of sp³-hybridized carbons (Fsp3) is 0.522. The van der Waals surface area contributed by atoms with Gasteiger partial charge in [-0.25, -0.2) is 4.98 Å². The number of nitrogens with one attached hydrogen (secondary N) is 1. The van der Waals surface area contributed by atoms with E-state index in [0.717, 1.165) is 37.2 Å². The molecule has 5 heterocycles. The maximum absolute atomic E-state index is 12.6. The molecule has 2 atom stereocenters. The number of aromatic nitrogens is 5. The molecule has 2 N–H and O–H groups in total. The molecule has 1 fully saturated rings. The van der Waals surface area contributed by atoms with E-state index >= 15 is 0 Å². The van der Waals surface area contributed by atoms with Crippen molar-refractivity contribution in [2.45, 2.75) is 50.0 Å². The van der Waals surface area contributed by atoms with Gasteiger partial charge in [0.1, 0.15) is 11.4 Å². The van der Waals surface area contributed by atoms with Crippen LogP contribution >= 0.6 is 0 Å². The van der Waals surface area contributed by atoms with E-state index in [9.17, 15) is 9.66 Å². The quantitative estimate of drug-likeness (QED) is 0.482. The van der Waals surface area contributed by atoms with Crippen molar-refractivity contribution < 1.29 is 14.2 Å². The summed E-state index contributed by atoms with van der Waals surface area (Å²) in [5.74, 6) is 3.41. The number of nitrogens with zero attached hydrogens (tertiary/aromatic N) is 6. The first-order chi connectivity index (χ1) is 16.5. The minimum atomic E-state index is -1.12. The van der Waals surface area contributed by atoms with Crippen molar-refractivity contribution in [3.63, 3.8) is 0 Å². The summed E-state index contributed by atoms with van der Waals surface area (Å²) >= 11 is -1.12. The summed E-state index contributed by atoms with van der Waals surface area (Å²) < 4.78 is 18.2. The smallest absolute Gasteiger partial charge is 0.230 e. The monoisotopic (exact) mass is 483 g/mol. The first kappa shape index (κ1) is 23.0. The number of hydrogen-bond acceptors (Lipinski definition) is 10. The van der Waals surface area contributed by atoms with E-state index in [-0.39, 0.29) is 24.5 Å². The van der Waals surface area contributed by atoms with Crippen molar-refractivity contribution in [3.05, 3.63) is 36.1 Å². The van der Waals surface area contributed by atoms with Gasteiger partial charge in [-0.15, -0.1) is 0 Å². The van der Waals surface area contributed by atoms with Crippen LogP contribution < -0.4 is 10.2 Å². The minimum Gasteiger partial charge on any atom is -0.611 e. The second kappa shape index (κ2) is 9.85. The van der Waals surface area contributed by atoms with E-state index < -0.39 is 11.2 Å². The summed E-state index contributed by atoms with van der Waals surface area (Å²) in [6, 6.07) is 3.56. The summed E-state index contributed by atoms with van der Waals surface area (Å²) in [5, 5.41) is 17.3. The summed E-state index contributed by atoms with van der Waals surface area (Å²) in [4.78, 5) is 21.0. The third-order valence-electron chi connectivity index (χ3n) is 6.51. The van der Waals surface area contributed by atoms with E-state index in [2.05, 4.69) is 25.3 Å². The molecule has 180 valence electrons. The third kappa shape index (κ3) is 4.59. The Balaban J connectivity index is 1.31. The number of piperidine rings is 1. The lowest BCUT2D eigenvalue weighted by Gasteiger charge is -2.31. The van der Waals surface area contributed by atoms with Crippen molar-refractivity contribution in [1.82, 2.24) is 25.1 Å². The number of fused-ring (bicyclic) bond motifs is 1. The topological polar surface area (TPSA) is 136 Å². The molecule has 0 aliphatic carbocycles.